The minimum absolute atomic E-state index is 0.0838. The fraction of sp³-hybridized carbons (Fsp3) is 0.582. The first-order valence-corrected chi connectivity index (χ1v) is 30.3. The van der Waals surface area contributed by atoms with Crippen LogP contribution in [0.15, 0.2) is 56.4 Å². The van der Waals surface area contributed by atoms with Gasteiger partial charge >= 0.3 is 0 Å². The minimum atomic E-state index is -1.16. The Labute approximate surface area is 494 Å². The van der Waals surface area contributed by atoms with E-state index in [4.69, 9.17) is 34.9 Å². The summed E-state index contributed by atoms with van der Waals surface area (Å²) in [5.41, 5.74) is 5.48. The van der Waals surface area contributed by atoms with Crippen molar-refractivity contribution in [2.24, 2.45) is 0 Å². The number of aryl methyl sites for hydroxylation is 2. The molecule has 0 amide bonds. The molecule has 10 N–H and O–H groups in total. The highest BCUT2D eigenvalue weighted by Gasteiger charge is 2.45. The molecular formula is C55H75N27O4. The molecule has 31 nitrogen and oxygen atoms in total. The van der Waals surface area contributed by atoms with E-state index in [9.17, 15) is 20.4 Å². The van der Waals surface area contributed by atoms with Crippen molar-refractivity contribution in [3.63, 3.8) is 0 Å². The topological polar surface area (TPSA) is 376 Å². The van der Waals surface area contributed by atoms with Crippen molar-refractivity contribution >= 4 is 57.8 Å². The average molecular weight is 1180 g/mol. The highest BCUT2D eigenvalue weighted by atomic mass is 16.3. The van der Waals surface area contributed by atoms with Crippen molar-refractivity contribution in [1.82, 2.24) is 103 Å². The van der Waals surface area contributed by atoms with Crippen molar-refractivity contribution in [2.75, 3.05) is 45.0 Å². The first-order chi connectivity index (χ1) is 42.1. The molecule has 0 spiro atoms. The van der Waals surface area contributed by atoms with Crippen LogP contribution in [0.3, 0.4) is 0 Å². The van der Waals surface area contributed by atoms with Gasteiger partial charge < -0.3 is 70.6 Å². The Kier molecular flexibility index (Phi) is 16.6. The molecule has 4 saturated carbocycles. The molecule has 0 saturated heterocycles. The third-order valence-corrected chi connectivity index (χ3v) is 17.5. The highest BCUT2D eigenvalue weighted by Crippen LogP contribution is 2.41. The molecule has 0 radical (unpaired) electrons. The Morgan fingerprint density at radius 1 is 0.477 bits per heavy atom. The number of hydrogen-bond acceptors (Lipinski definition) is 25. The van der Waals surface area contributed by atoms with Crippen LogP contribution >= 0.6 is 0 Å². The number of imidazole rings is 4. The van der Waals surface area contributed by atoms with Crippen LogP contribution in [0.1, 0.15) is 138 Å². The third kappa shape index (κ3) is 12.3. The summed E-state index contributed by atoms with van der Waals surface area (Å²) >= 11 is 0. The number of rotatable bonds is 24. The van der Waals surface area contributed by atoms with Gasteiger partial charge in [-0.2, -0.15) is 54.9 Å². The second kappa shape index (κ2) is 25.2. The lowest BCUT2D eigenvalue weighted by Crippen LogP contribution is -2.34. The van der Waals surface area contributed by atoms with Gasteiger partial charge in [0, 0.05) is 81.6 Å². The van der Waals surface area contributed by atoms with E-state index < -0.39 is 24.3 Å². The summed E-state index contributed by atoms with van der Waals surface area (Å²) in [6, 6.07) is -0.396. The van der Waals surface area contributed by atoms with E-state index in [1.807, 2.05) is 34.3 Å². The first-order valence-electron chi connectivity index (χ1n) is 30.3. The van der Waals surface area contributed by atoms with E-state index in [1.54, 1.807) is 23.6 Å². The molecule has 9 aromatic rings. The Balaban J connectivity index is 0.627. The monoisotopic (exact) mass is 1180 g/mol. The van der Waals surface area contributed by atoms with Crippen LogP contribution in [0.25, 0.3) is 22.3 Å². The van der Waals surface area contributed by atoms with E-state index in [-0.39, 0.29) is 49.5 Å². The molecule has 4 aliphatic carbocycles. The molecule has 13 rings (SSSR count). The van der Waals surface area contributed by atoms with Gasteiger partial charge in [0.05, 0.1) is 74.4 Å². The van der Waals surface area contributed by atoms with Crippen LogP contribution in [0.5, 0.6) is 0 Å². The van der Waals surface area contributed by atoms with Gasteiger partial charge in [0.15, 0.2) is 34.0 Å². The molecule has 86 heavy (non-hydrogen) atoms. The summed E-state index contributed by atoms with van der Waals surface area (Å²) in [4.78, 5) is 55.7. The number of hydrogen-bond donors (Lipinski definition) is 10. The van der Waals surface area contributed by atoms with Crippen molar-refractivity contribution in [3.8, 4) is 0 Å². The Morgan fingerprint density at radius 2 is 0.965 bits per heavy atom. The quantitative estimate of drug-likeness (QED) is 0.0413. The molecule has 4 fully saturated rings. The number of anilines is 6. The van der Waals surface area contributed by atoms with Crippen LogP contribution in [0, 0.1) is 0 Å². The second-order valence-electron chi connectivity index (χ2n) is 23.1. The van der Waals surface area contributed by atoms with Gasteiger partial charge in [0.2, 0.25) is 23.8 Å². The van der Waals surface area contributed by atoms with E-state index in [0.717, 1.165) is 113 Å². The Bertz CT molecular complexity index is 3700. The number of fused-ring (bicyclic) bond motifs is 2. The van der Waals surface area contributed by atoms with Gasteiger partial charge in [0.1, 0.15) is 36.0 Å². The smallest absolute Gasteiger partial charge is 0.227 e. The molecule has 9 aromatic heterocycles. The SMILES string of the molecule is CCn1cnc(CCNc2nc(NC3CCC(Nc4ncnc(NC5CCC(Nc6nc(NCCc7cn(CC)cn7)nc7c6ncn7[C@@H]6C[C@H](n7ncc(CO)n7)[C@@H](O)[C@H]6O)CC5)n4)CC3)c3ncn([C@H]4CC[C@@H](n5ncc(CO)n5)C4)c3n2)c1. The summed E-state index contributed by atoms with van der Waals surface area (Å²) < 4.78 is 8.09. The number of nitrogens with zero attached hydrogens (tertiary/aromatic N) is 21. The highest BCUT2D eigenvalue weighted by molar-refractivity contribution is 5.85. The molecule has 6 atom stereocenters. The normalized spacial score (nSPS) is 24.2. The molecule has 0 bridgehead atoms. The number of nitrogens with one attached hydrogen (secondary N) is 6. The summed E-state index contributed by atoms with van der Waals surface area (Å²) in [7, 11) is 0. The van der Waals surface area contributed by atoms with E-state index in [1.165, 1.54) is 11.0 Å². The van der Waals surface area contributed by atoms with E-state index in [2.05, 4.69) is 101 Å². The molecule has 0 aliphatic heterocycles. The Morgan fingerprint density at radius 3 is 1.49 bits per heavy atom. The second-order valence-corrected chi connectivity index (χ2v) is 23.1. The number of aromatic nitrogens is 21. The fourth-order valence-electron chi connectivity index (χ4n) is 12.7. The number of aliphatic hydroxyl groups excluding tert-OH is 4. The van der Waals surface area contributed by atoms with Gasteiger partial charge in [-0.05, 0) is 90.9 Å². The summed E-state index contributed by atoms with van der Waals surface area (Å²) in [5, 5.41) is 80.9. The first kappa shape index (κ1) is 56.6. The van der Waals surface area contributed by atoms with Crippen LogP contribution in [-0.4, -0.2) is 173 Å². The molecule has 31 heteroatoms. The molecule has 4 aliphatic rings. The van der Waals surface area contributed by atoms with Crippen molar-refractivity contribution < 1.29 is 20.4 Å². The number of aliphatic hydroxyl groups is 4. The van der Waals surface area contributed by atoms with Crippen molar-refractivity contribution in [2.45, 2.75) is 191 Å². The van der Waals surface area contributed by atoms with Gasteiger partial charge in [-0.25, -0.2) is 29.9 Å². The molecule has 0 unspecified atom stereocenters. The summed E-state index contributed by atoms with van der Waals surface area (Å²) in [5.74, 6) is 3.30. The van der Waals surface area contributed by atoms with Gasteiger partial charge in [-0.3, -0.25) is 0 Å². The van der Waals surface area contributed by atoms with Gasteiger partial charge in [-0.15, -0.1) is 0 Å². The predicted molar refractivity (Wildman–Crippen MR) is 316 cm³/mol. The van der Waals surface area contributed by atoms with Gasteiger partial charge in [0.25, 0.3) is 0 Å². The van der Waals surface area contributed by atoms with Crippen LogP contribution < -0.4 is 31.9 Å². The molecular weight excluding hydrogens is 1100 g/mol. The van der Waals surface area contributed by atoms with Crippen LogP contribution in [0.2, 0.25) is 0 Å². The predicted octanol–water partition coefficient (Wildman–Crippen LogP) is 3.61. The fourth-order valence-corrected chi connectivity index (χ4v) is 12.7. The van der Waals surface area contributed by atoms with E-state index >= 15 is 0 Å². The lowest BCUT2D eigenvalue weighted by Gasteiger charge is -2.31. The zero-order valence-electron chi connectivity index (χ0n) is 48.3. The standard InChI is InChI=1S/C55H75N27O4/c1-3-77-23-36(60-28-77)15-17-56-52-70-48(44-50(72-52)79(30-62-44)40-13-14-41(19-40)81-64-21-38(25-83)75-81)66-32-5-9-34(10-6-32)68-54-58-27-59-55(74-54)69-35-11-7-33(8-12-35)67-49-45-51(73-53(71-49)57-18-16-37-24-78(4-2)29-61-37)80(31-63-45)42-20-43(47(86)46(42)85)82-65-22-39(26-84)76-82/h21-24,27-35,40-43,46-47,83-86H,3-20,25-26H2,1-2H3,(H2,56,66,70,72)(H2,57,67,71,73)(H2,58,59,68,69,74)/t32?,33?,34?,35?,40-,41+,42+,43-,46-,47+/m0/s1. The molecule has 454 valence electrons. The zero-order chi connectivity index (χ0) is 58.7. The average Bonchev–Trinajstić information content (AvgIpc) is 4.55. The largest absolute Gasteiger partial charge is 0.390 e. The maximum atomic E-state index is 11.4. The lowest BCUT2D eigenvalue weighted by molar-refractivity contribution is 0.00491. The van der Waals surface area contributed by atoms with Crippen LogP contribution in [-0.2, 0) is 39.1 Å². The third-order valence-electron chi connectivity index (χ3n) is 17.5. The zero-order valence-corrected chi connectivity index (χ0v) is 48.3. The molecule has 9 heterocycles. The van der Waals surface area contributed by atoms with Crippen molar-refractivity contribution in [3.05, 3.63) is 79.2 Å². The van der Waals surface area contributed by atoms with Gasteiger partial charge in [-0.1, -0.05) is 0 Å². The minimum Gasteiger partial charge on any atom is -0.390 e. The lowest BCUT2D eigenvalue weighted by atomic mass is 9.91. The molecule has 0 aromatic carbocycles. The Hall–Kier alpha value is -8.55. The maximum absolute atomic E-state index is 11.4. The van der Waals surface area contributed by atoms with E-state index in [0.29, 0.717) is 83.9 Å². The van der Waals surface area contributed by atoms with Crippen molar-refractivity contribution in [1.29, 1.82) is 0 Å². The summed E-state index contributed by atoms with van der Waals surface area (Å²) in [6.07, 6.45) is 25.0. The van der Waals surface area contributed by atoms with Crippen LogP contribution in [0.4, 0.5) is 35.4 Å². The maximum Gasteiger partial charge on any atom is 0.227 e. The summed E-state index contributed by atoms with van der Waals surface area (Å²) in [6.45, 7) is 6.62.